The SMILES string of the molecule is CC(C)N1CNc2c(c(=O)n(C)c(=O)n2C)C1. The Morgan fingerprint density at radius 3 is 2.41 bits per heavy atom. The number of rotatable bonds is 1. The molecule has 0 aliphatic carbocycles. The lowest BCUT2D eigenvalue weighted by molar-refractivity contribution is 0.217. The molecule has 1 aromatic rings. The molecule has 2 heterocycles. The number of fused-ring (bicyclic) bond motifs is 1. The van der Waals surface area contributed by atoms with Gasteiger partial charge in [-0.15, -0.1) is 0 Å². The van der Waals surface area contributed by atoms with Crippen LogP contribution < -0.4 is 16.6 Å². The number of hydrogen-bond acceptors (Lipinski definition) is 4. The van der Waals surface area contributed by atoms with Crippen LogP contribution in [0.15, 0.2) is 9.59 Å². The van der Waals surface area contributed by atoms with E-state index in [9.17, 15) is 9.59 Å². The molecule has 0 bridgehead atoms. The van der Waals surface area contributed by atoms with Crippen LogP contribution in [0.3, 0.4) is 0 Å². The lowest BCUT2D eigenvalue weighted by atomic mass is 10.2. The minimum absolute atomic E-state index is 0.207. The summed E-state index contributed by atoms with van der Waals surface area (Å²) in [6, 6.07) is 0.359. The number of hydrogen-bond donors (Lipinski definition) is 1. The van der Waals surface area contributed by atoms with Crippen LogP contribution in [0.2, 0.25) is 0 Å². The van der Waals surface area contributed by atoms with Crippen LogP contribution in [0, 0.1) is 0 Å². The summed E-state index contributed by atoms with van der Waals surface area (Å²) in [7, 11) is 3.19. The average Bonchev–Trinajstić information content (AvgIpc) is 2.32. The fourth-order valence-electron chi connectivity index (χ4n) is 2.08. The smallest absolute Gasteiger partial charge is 0.332 e. The zero-order chi connectivity index (χ0) is 12.7. The second-order valence-electron chi connectivity index (χ2n) is 4.71. The van der Waals surface area contributed by atoms with Gasteiger partial charge in [-0.1, -0.05) is 0 Å². The van der Waals surface area contributed by atoms with E-state index in [1.54, 1.807) is 7.05 Å². The highest BCUT2D eigenvalue weighted by Crippen LogP contribution is 2.17. The molecule has 1 aliphatic rings. The Morgan fingerprint density at radius 2 is 1.82 bits per heavy atom. The van der Waals surface area contributed by atoms with Gasteiger partial charge in [-0.3, -0.25) is 18.8 Å². The van der Waals surface area contributed by atoms with Gasteiger partial charge in [0.2, 0.25) is 0 Å². The number of nitrogens with zero attached hydrogens (tertiary/aromatic N) is 3. The van der Waals surface area contributed by atoms with Gasteiger partial charge in [0.25, 0.3) is 5.56 Å². The first kappa shape index (κ1) is 11.9. The Bertz CT molecular complexity index is 556. The average molecular weight is 238 g/mol. The van der Waals surface area contributed by atoms with Gasteiger partial charge in [-0.05, 0) is 13.8 Å². The monoisotopic (exact) mass is 238 g/mol. The summed E-state index contributed by atoms with van der Waals surface area (Å²) in [5.74, 6) is 0.648. The molecule has 1 N–H and O–H groups in total. The number of aromatic nitrogens is 2. The van der Waals surface area contributed by atoms with Crippen LogP contribution in [0.25, 0.3) is 0 Å². The molecule has 0 spiro atoms. The first-order valence-electron chi connectivity index (χ1n) is 5.70. The van der Waals surface area contributed by atoms with Crippen LogP contribution >= 0.6 is 0 Å². The van der Waals surface area contributed by atoms with E-state index in [1.165, 1.54) is 11.6 Å². The predicted octanol–water partition coefficient (Wildman–Crippen LogP) is -0.323. The fraction of sp³-hybridized carbons (Fsp3) is 0.636. The van der Waals surface area contributed by atoms with E-state index >= 15 is 0 Å². The van der Waals surface area contributed by atoms with Crippen LogP contribution in [0.5, 0.6) is 0 Å². The molecule has 0 saturated carbocycles. The van der Waals surface area contributed by atoms with Crippen molar-refractivity contribution in [2.45, 2.75) is 26.4 Å². The van der Waals surface area contributed by atoms with E-state index in [0.717, 1.165) is 4.57 Å². The minimum atomic E-state index is -0.292. The number of anilines is 1. The van der Waals surface area contributed by atoms with Gasteiger partial charge in [0.1, 0.15) is 5.82 Å². The van der Waals surface area contributed by atoms with Gasteiger partial charge in [-0.25, -0.2) is 4.79 Å². The van der Waals surface area contributed by atoms with Gasteiger partial charge in [0, 0.05) is 26.7 Å². The molecule has 1 aromatic heterocycles. The molecule has 6 nitrogen and oxygen atoms in total. The van der Waals surface area contributed by atoms with E-state index in [2.05, 4.69) is 24.1 Å². The van der Waals surface area contributed by atoms with E-state index in [1.807, 2.05) is 0 Å². The van der Waals surface area contributed by atoms with E-state index in [0.29, 0.717) is 30.6 Å². The highest BCUT2D eigenvalue weighted by atomic mass is 16.2. The molecule has 17 heavy (non-hydrogen) atoms. The summed E-state index contributed by atoms with van der Waals surface area (Å²) in [4.78, 5) is 25.9. The van der Waals surface area contributed by atoms with Gasteiger partial charge < -0.3 is 5.32 Å². The molecule has 2 rings (SSSR count). The van der Waals surface area contributed by atoms with Gasteiger partial charge in [0.05, 0.1) is 12.2 Å². The van der Waals surface area contributed by atoms with Crippen molar-refractivity contribution < 1.29 is 0 Å². The molecule has 6 heteroatoms. The van der Waals surface area contributed by atoms with Crippen LogP contribution in [0.1, 0.15) is 19.4 Å². The number of nitrogens with one attached hydrogen (secondary N) is 1. The van der Waals surface area contributed by atoms with Crippen molar-refractivity contribution in [3.8, 4) is 0 Å². The maximum Gasteiger partial charge on any atom is 0.332 e. The molecule has 1 aliphatic heterocycles. The standard InChI is InChI=1S/C11H18N4O2/c1-7(2)15-5-8-9(12-6-15)13(3)11(17)14(4)10(8)16/h7,12H,5-6H2,1-4H3. The third-order valence-corrected chi connectivity index (χ3v) is 3.30. The van der Waals surface area contributed by atoms with Gasteiger partial charge >= 0.3 is 5.69 Å². The zero-order valence-electron chi connectivity index (χ0n) is 10.6. The van der Waals surface area contributed by atoms with Crippen molar-refractivity contribution in [2.75, 3.05) is 12.0 Å². The summed E-state index contributed by atoms with van der Waals surface area (Å²) in [6.45, 7) is 5.41. The second-order valence-corrected chi connectivity index (χ2v) is 4.71. The third-order valence-electron chi connectivity index (χ3n) is 3.30. The molecule has 0 fully saturated rings. The molecule has 0 amide bonds. The first-order chi connectivity index (χ1) is 7.93. The topological polar surface area (TPSA) is 59.3 Å². The molecule has 0 radical (unpaired) electrons. The highest BCUT2D eigenvalue weighted by molar-refractivity contribution is 5.45. The van der Waals surface area contributed by atoms with Crippen LogP contribution in [0.4, 0.5) is 5.82 Å². The Labute approximate surface area is 99.5 Å². The van der Waals surface area contributed by atoms with Crippen molar-refractivity contribution in [1.29, 1.82) is 0 Å². The first-order valence-corrected chi connectivity index (χ1v) is 5.70. The van der Waals surface area contributed by atoms with E-state index in [-0.39, 0.29) is 11.2 Å². The molecule has 0 unspecified atom stereocenters. The predicted molar refractivity (Wildman–Crippen MR) is 66.1 cm³/mol. The quantitative estimate of drug-likeness (QED) is 0.728. The largest absolute Gasteiger partial charge is 0.358 e. The lowest BCUT2D eigenvalue weighted by Gasteiger charge is -2.33. The summed E-state index contributed by atoms with van der Waals surface area (Å²) in [5, 5.41) is 3.15. The molecule has 94 valence electrons. The van der Waals surface area contributed by atoms with E-state index in [4.69, 9.17) is 0 Å². The Kier molecular flexibility index (Phi) is 2.82. The van der Waals surface area contributed by atoms with Crippen LogP contribution in [-0.4, -0.2) is 26.7 Å². The van der Waals surface area contributed by atoms with Crippen LogP contribution in [-0.2, 0) is 20.6 Å². The fourth-order valence-corrected chi connectivity index (χ4v) is 2.08. The molecule has 0 aromatic carbocycles. The van der Waals surface area contributed by atoms with Crippen molar-refractivity contribution in [3.63, 3.8) is 0 Å². The molecule has 0 atom stereocenters. The molecular formula is C11H18N4O2. The summed E-state index contributed by atoms with van der Waals surface area (Å²) >= 11 is 0. The second kappa shape index (κ2) is 4.03. The Balaban J connectivity index is 2.59. The maximum atomic E-state index is 12.0. The highest BCUT2D eigenvalue weighted by Gasteiger charge is 2.23. The molecule has 0 saturated heterocycles. The van der Waals surface area contributed by atoms with Crippen molar-refractivity contribution >= 4 is 5.82 Å². The minimum Gasteiger partial charge on any atom is -0.358 e. The van der Waals surface area contributed by atoms with Crippen molar-refractivity contribution in [2.24, 2.45) is 14.1 Å². The Hall–Kier alpha value is -1.56. The van der Waals surface area contributed by atoms with Crippen molar-refractivity contribution in [1.82, 2.24) is 14.0 Å². The summed E-state index contributed by atoms with van der Waals surface area (Å²) in [6.07, 6.45) is 0. The summed E-state index contributed by atoms with van der Waals surface area (Å²) in [5.41, 5.74) is 0.162. The zero-order valence-corrected chi connectivity index (χ0v) is 10.6. The van der Waals surface area contributed by atoms with Gasteiger partial charge in [0.15, 0.2) is 0 Å². The molecular weight excluding hydrogens is 220 g/mol. The van der Waals surface area contributed by atoms with E-state index < -0.39 is 0 Å². The Morgan fingerprint density at radius 1 is 1.18 bits per heavy atom. The summed E-state index contributed by atoms with van der Waals surface area (Å²) < 4.78 is 2.65. The van der Waals surface area contributed by atoms with Gasteiger partial charge in [-0.2, -0.15) is 0 Å². The third kappa shape index (κ3) is 1.78. The lowest BCUT2D eigenvalue weighted by Crippen LogP contribution is -2.47. The maximum absolute atomic E-state index is 12.0. The normalized spacial score (nSPS) is 15.8. The van der Waals surface area contributed by atoms with Crippen molar-refractivity contribution in [3.05, 3.63) is 26.4 Å².